The lowest BCUT2D eigenvalue weighted by atomic mass is 9.94. The Morgan fingerprint density at radius 3 is 2.83 bits per heavy atom. The number of piperidine rings is 1. The summed E-state index contributed by atoms with van der Waals surface area (Å²) in [5, 5.41) is 0. The number of rotatable bonds is 4. The average Bonchev–Trinajstić information content (AvgIpc) is 3.18. The van der Waals surface area contributed by atoms with Crippen molar-refractivity contribution in [2.45, 2.75) is 25.3 Å². The van der Waals surface area contributed by atoms with Crippen LogP contribution in [0.2, 0.25) is 0 Å². The fourth-order valence-electron chi connectivity index (χ4n) is 3.37. The van der Waals surface area contributed by atoms with Crippen molar-refractivity contribution in [3.8, 4) is 5.82 Å². The first-order valence-corrected chi connectivity index (χ1v) is 8.45. The number of likely N-dealkylation sites (tertiary alicyclic amines) is 1. The molecule has 1 atom stereocenters. The SMILES string of the molecule is c1ccc(CN2CCC[C@H](c3cncc(-n4ccnc4)n3)C2)cc1. The highest BCUT2D eigenvalue weighted by atomic mass is 15.1. The van der Waals surface area contributed by atoms with E-state index in [-0.39, 0.29) is 0 Å². The molecule has 24 heavy (non-hydrogen) atoms. The van der Waals surface area contributed by atoms with E-state index in [2.05, 4.69) is 45.2 Å². The van der Waals surface area contributed by atoms with Gasteiger partial charge in [0.25, 0.3) is 0 Å². The van der Waals surface area contributed by atoms with Crippen molar-refractivity contribution in [1.29, 1.82) is 0 Å². The van der Waals surface area contributed by atoms with E-state index in [9.17, 15) is 0 Å². The smallest absolute Gasteiger partial charge is 0.156 e. The van der Waals surface area contributed by atoms with E-state index in [0.717, 1.165) is 31.1 Å². The van der Waals surface area contributed by atoms with Gasteiger partial charge >= 0.3 is 0 Å². The van der Waals surface area contributed by atoms with Crippen LogP contribution in [0.5, 0.6) is 0 Å². The number of aromatic nitrogens is 4. The molecule has 0 aliphatic carbocycles. The Kier molecular flexibility index (Phi) is 4.34. The van der Waals surface area contributed by atoms with Gasteiger partial charge in [-0.15, -0.1) is 0 Å². The summed E-state index contributed by atoms with van der Waals surface area (Å²) in [6.07, 6.45) is 11.5. The van der Waals surface area contributed by atoms with Gasteiger partial charge in [0, 0.05) is 37.6 Å². The van der Waals surface area contributed by atoms with E-state index in [1.54, 1.807) is 18.7 Å². The zero-order valence-electron chi connectivity index (χ0n) is 13.6. The molecule has 1 saturated heterocycles. The predicted octanol–water partition coefficient (Wildman–Crippen LogP) is 3.04. The topological polar surface area (TPSA) is 46.8 Å². The molecule has 0 saturated carbocycles. The Labute approximate surface area is 142 Å². The summed E-state index contributed by atoms with van der Waals surface area (Å²) in [5.74, 6) is 1.28. The van der Waals surface area contributed by atoms with Crippen LogP contribution in [-0.4, -0.2) is 37.5 Å². The standard InChI is InChI=1S/C19H21N5/c1-2-5-16(6-3-1)13-23-9-4-7-17(14-23)18-11-21-12-19(22-18)24-10-8-20-15-24/h1-3,5-6,8,10-12,15,17H,4,7,9,13-14H2/t17-/m0/s1. The molecule has 1 aliphatic rings. The van der Waals surface area contributed by atoms with Crippen LogP contribution < -0.4 is 0 Å². The third-order valence-corrected chi connectivity index (χ3v) is 4.58. The van der Waals surface area contributed by atoms with Crippen molar-refractivity contribution in [2.75, 3.05) is 13.1 Å². The highest BCUT2D eigenvalue weighted by Gasteiger charge is 2.23. The van der Waals surface area contributed by atoms with Gasteiger partial charge in [0.2, 0.25) is 0 Å². The maximum atomic E-state index is 4.81. The first-order valence-electron chi connectivity index (χ1n) is 8.45. The van der Waals surface area contributed by atoms with Crippen LogP contribution in [-0.2, 0) is 6.54 Å². The van der Waals surface area contributed by atoms with Gasteiger partial charge in [0.05, 0.1) is 11.9 Å². The molecule has 0 unspecified atom stereocenters. The van der Waals surface area contributed by atoms with Crippen molar-refractivity contribution in [1.82, 2.24) is 24.4 Å². The fraction of sp³-hybridized carbons (Fsp3) is 0.316. The van der Waals surface area contributed by atoms with Gasteiger partial charge in [0.15, 0.2) is 5.82 Å². The first-order chi connectivity index (χ1) is 11.9. The van der Waals surface area contributed by atoms with Crippen LogP contribution in [0.4, 0.5) is 0 Å². The number of nitrogens with zero attached hydrogens (tertiary/aromatic N) is 5. The van der Waals surface area contributed by atoms with Gasteiger partial charge in [-0.1, -0.05) is 30.3 Å². The Morgan fingerprint density at radius 2 is 2.00 bits per heavy atom. The Morgan fingerprint density at radius 1 is 1.08 bits per heavy atom. The van der Waals surface area contributed by atoms with Crippen molar-refractivity contribution >= 4 is 0 Å². The van der Waals surface area contributed by atoms with Gasteiger partial charge in [0.1, 0.15) is 6.33 Å². The van der Waals surface area contributed by atoms with Crippen LogP contribution in [0.25, 0.3) is 5.82 Å². The minimum absolute atomic E-state index is 0.443. The molecular formula is C19H21N5. The normalized spacial score (nSPS) is 18.6. The Bertz CT molecular complexity index is 769. The van der Waals surface area contributed by atoms with Crippen LogP contribution in [0, 0.1) is 0 Å². The summed E-state index contributed by atoms with van der Waals surface area (Å²) in [4.78, 5) is 15.8. The molecule has 3 aromatic rings. The van der Waals surface area contributed by atoms with Crippen molar-refractivity contribution in [2.24, 2.45) is 0 Å². The molecule has 5 nitrogen and oxygen atoms in total. The summed E-state index contributed by atoms with van der Waals surface area (Å²) in [6.45, 7) is 3.20. The molecule has 122 valence electrons. The molecule has 4 rings (SSSR count). The van der Waals surface area contributed by atoms with Crippen molar-refractivity contribution in [3.63, 3.8) is 0 Å². The molecule has 1 aliphatic heterocycles. The minimum atomic E-state index is 0.443. The second kappa shape index (κ2) is 6.93. The number of hydrogen-bond acceptors (Lipinski definition) is 4. The molecule has 2 aromatic heterocycles. The van der Waals surface area contributed by atoms with E-state index >= 15 is 0 Å². The maximum absolute atomic E-state index is 4.81. The van der Waals surface area contributed by atoms with Crippen LogP contribution in [0.1, 0.15) is 30.0 Å². The summed E-state index contributed by atoms with van der Waals surface area (Å²) in [5.41, 5.74) is 2.45. The van der Waals surface area contributed by atoms with E-state index < -0.39 is 0 Å². The molecule has 0 bridgehead atoms. The van der Waals surface area contributed by atoms with Gasteiger partial charge < -0.3 is 0 Å². The molecule has 0 radical (unpaired) electrons. The molecular weight excluding hydrogens is 298 g/mol. The van der Waals surface area contributed by atoms with Crippen molar-refractivity contribution in [3.05, 3.63) is 72.7 Å². The lowest BCUT2D eigenvalue weighted by molar-refractivity contribution is 0.198. The third-order valence-electron chi connectivity index (χ3n) is 4.58. The Hall–Kier alpha value is -2.53. The molecule has 1 aromatic carbocycles. The molecule has 0 amide bonds. The largest absolute Gasteiger partial charge is 0.298 e. The van der Waals surface area contributed by atoms with Crippen molar-refractivity contribution < 1.29 is 0 Å². The van der Waals surface area contributed by atoms with E-state index in [1.165, 1.54) is 18.4 Å². The minimum Gasteiger partial charge on any atom is -0.298 e. The second-order valence-corrected chi connectivity index (χ2v) is 6.33. The number of benzene rings is 1. The average molecular weight is 319 g/mol. The summed E-state index contributed by atoms with van der Waals surface area (Å²) in [6, 6.07) is 10.7. The zero-order chi connectivity index (χ0) is 16.2. The summed E-state index contributed by atoms with van der Waals surface area (Å²) >= 11 is 0. The van der Waals surface area contributed by atoms with Gasteiger partial charge in [-0.25, -0.2) is 9.97 Å². The predicted molar refractivity (Wildman–Crippen MR) is 92.8 cm³/mol. The molecule has 5 heteroatoms. The van der Waals surface area contributed by atoms with Gasteiger partial charge in [-0.05, 0) is 24.9 Å². The molecule has 0 spiro atoms. The van der Waals surface area contributed by atoms with Crippen LogP contribution >= 0.6 is 0 Å². The van der Waals surface area contributed by atoms with Crippen LogP contribution in [0.15, 0.2) is 61.4 Å². The monoisotopic (exact) mass is 319 g/mol. The summed E-state index contributed by atoms with van der Waals surface area (Å²) in [7, 11) is 0. The van der Waals surface area contributed by atoms with Crippen LogP contribution in [0.3, 0.4) is 0 Å². The highest BCUT2D eigenvalue weighted by Crippen LogP contribution is 2.26. The lowest BCUT2D eigenvalue weighted by Crippen LogP contribution is -2.34. The van der Waals surface area contributed by atoms with E-state index in [1.807, 2.05) is 17.0 Å². The molecule has 3 heterocycles. The quantitative estimate of drug-likeness (QED) is 0.741. The highest BCUT2D eigenvalue weighted by molar-refractivity contribution is 5.22. The zero-order valence-corrected chi connectivity index (χ0v) is 13.6. The first kappa shape index (κ1) is 15.0. The van der Waals surface area contributed by atoms with E-state index in [4.69, 9.17) is 4.98 Å². The number of imidazole rings is 1. The fourth-order valence-corrected chi connectivity index (χ4v) is 3.37. The molecule has 0 N–H and O–H groups in total. The third kappa shape index (κ3) is 3.36. The van der Waals surface area contributed by atoms with Gasteiger partial charge in [-0.3, -0.25) is 14.5 Å². The number of hydrogen-bond donors (Lipinski definition) is 0. The summed E-state index contributed by atoms with van der Waals surface area (Å²) < 4.78 is 1.90. The Balaban J connectivity index is 1.49. The second-order valence-electron chi connectivity index (χ2n) is 6.33. The van der Waals surface area contributed by atoms with E-state index in [0.29, 0.717) is 5.92 Å². The maximum Gasteiger partial charge on any atom is 0.156 e. The lowest BCUT2D eigenvalue weighted by Gasteiger charge is -2.32. The van der Waals surface area contributed by atoms with Gasteiger partial charge in [-0.2, -0.15) is 0 Å². The molecule has 1 fully saturated rings.